The van der Waals surface area contributed by atoms with E-state index in [9.17, 15) is 0 Å². The van der Waals surface area contributed by atoms with Crippen molar-refractivity contribution in [1.82, 2.24) is 0 Å². The molecule has 0 heterocycles. The van der Waals surface area contributed by atoms with Crippen LogP contribution < -0.4 is 5.73 Å². The van der Waals surface area contributed by atoms with Crippen LogP contribution in [0, 0.1) is 0 Å². The van der Waals surface area contributed by atoms with Gasteiger partial charge in [-0.3, -0.25) is 0 Å². The van der Waals surface area contributed by atoms with Gasteiger partial charge in [-0.1, -0.05) is 18.9 Å². The van der Waals surface area contributed by atoms with Crippen molar-refractivity contribution < 1.29 is 4.74 Å². The molecule has 0 bridgehead atoms. The molecule has 1 unspecified atom stereocenters. The largest absolute Gasteiger partial charge is 0.374 e. The van der Waals surface area contributed by atoms with Gasteiger partial charge in [0, 0.05) is 12.6 Å². The zero-order valence-corrected chi connectivity index (χ0v) is 8.59. The molecule has 0 aromatic rings. The fourth-order valence-electron chi connectivity index (χ4n) is 2.28. The number of nitrogens with two attached hydrogens (primary N) is 1. The smallest absolute Gasteiger partial charge is 0.0835 e. The number of hydrogen-bond donors (Lipinski definition) is 1. The summed E-state index contributed by atoms with van der Waals surface area (Å²) in [6, 6.07) is 0.132. The topological polar surface area (TPSA) is 35.2 Å². The van der Waals surface area contributed by atoms with Crippen molar-refractivity contribution in [3.05, 3.63) is 12.7 Å². The van der Waals surface area contributed by atoms with E-state index in [4.69, 9.17) is 10.5 Å². The monoisotopic (exact) mass is 183 g/mol. The van der Waals surface area contributed by atoms with Gasteiger partial charge < -0.3 is 10.5 Å². The van der Waals surface area contributed by atoms with Crippen LogP contribution in [0.25, 0.3) is 0 Å². The Morgan fingerprint density at radius 3 is 2.62 bits per heavy atom. The quantitative estimate of drug-likeness (QED) is 0.663. The van der Waals surface area contributed by atoms with E-state index in [0.717, 1.165) is 25.9 Å². The lowest BCUT2D eigenvalue weighted by atomic mass is 9.90. The minimum absolute atomic E-state index is 0.0387. The summed E-state index contributed by atoms with van der Waals surface area (Å²) >= 11 is 0. The Morgan fingerprint density at radius 1 is 1.54 bits per heavy atom. The van der Waals surface area contributed by atoms with Gasteiger partial charge in [0.2, 0.25) is 0 Å². The van der Waals surface area contributed by atoms with Crippen LogP contribution >= 0.6 is 0 Å². The number of hydrogen-bond acceptors (Lipinski definition) is 2. The number of ether oxygens (including phenoxy) is 1. The van der Waals surface area contributed by atoms with Gasteiger partial charge in [0.25, 0.3) is 0 Å². The first-order valence-corrected chi connectivity index (χ1v) is 5.25. The Hall–Kier alpha value is -0.340. The summed E-state index contributed by atoms with van der Waals surface area (Å²) in [5, 5.41) is 0. The van der Waals surface area contributed by atoms with Crippen molar-refractivity contribution in [3.8, 4) is 0 Å². The van der Waals surface area contributed by atoms with Crippen LogP contribution in [-0.4, -0.2) is 18.2 Å². The van der Waals surface area contributed by atoms with E-state index in [-0.39, 0.29) is 11.6 Å². The molecule has 0 saturated heterocycles. The molecule has 0 aromatic heterocycles. The summed E-state index contributed by atoms with van der Waals surface area (Å²) < 4.78 is 5.83. The van der Waals surface area contributed by atoms with Crippen molar-refractivity contribution in [2.45, 2.75) is 50.7 Å². The molecule has 1 aliphatic rings. The molecule has 1 rings (SSSR count). The Balaban J connectivity index is 2.59. The van der Waals surface area contributed by atoms with Crippen LogP contribution in [0.2, 0.25) is 0 Å². The molecule has 0 aromatic carbocycles. The van der Waals surface area contributed by atoms with Gasteiger partial charge in [-0.05, 0) is 26.2 Å². The predicted octanol–water partition coefficient (Wildman–Crippen LogP) is 2.24. The third-order valence-corrected chi connectivity index (χ3v) is 2.98. The van der Waals surface area contributed by atoms with E-state index in [1.807, 2.05) is 13.0 Å². The Kier molecular flexibility index (Phi) is 3.94. The predicted molar refractivity (Wildman–Crippen MR) is 55.6 cm³/mol. The van der Waals surface area contributed by atoms with Gasteiger partial charge in [0.15, 0.2) is 0 Å². The molecule has 0 aliphatic heterocycles. The summed E-state index contributed by atoms with van der Waals surface area (Å²) in [5.41, 5.74) is 6.08. The maximum atomic E-state index is 6.11. The maximum Gasteiger partial charge on any atom is 0.0835 e. The molecule has 76 valence electrons. The summed E-state index contributed by atoms with van der Waals surface area (Å²) in [5.74, 6) is 0. The van der Waals surface area contributed by atoms with Crippen LogP contribution in [-0.2, 0) is 4.74 Å². The summed E-state index contributed by atoms with van der Waals surface area (Å²) in [4.78, 5) is 0. The summed E-state index contributed by atoms with van der Waals surface area (Å²) in [6.07, 6.45) is 7.51. The van der Waals surface area contributed by atoms with Crippen LogP contribution in [0.15, 0.2) is 12.7 Å². The molecule has 0 radical (unpaired) electrons. The first kappa shape index (κ1) is 10.7. The minimum atomic E-state index is -0.0387. The Labute approximate surface area is 81.1 Å². The van der Waals surface area contributed by atoms with E-state index < -0.39 is 0 Å². The molecule has 1 aliphatic carbocycles. The molecule has 0 amide bonds. The SMILES string of the molecule is C=CCC(N)C1(OCC)CCCC1. The highest BCUT2D eigenvalue weighted by molar-refractivity contribution is 4.97. The molecule has 1 fully saturated rings. The fraction of sp³-hybridized carbons (Fsp3) is 0.818. The van der Waals surface area contributed by atoms with Gasteiger partial charge >= 0.3 is 0 Å². The normalized spacial score (nSPS) is 22.9. The molecule has 2 nitrogen and oxygen atoms in total. The van der Waals surface area contributed by atoms with Crippen LogP contribution in [0.1, 0.15) is 39.0 Å². The lowest BCUT2D eigenvalue weighted by Crippen LogP contribution is -2.47. The molecular formula is C11H21NO. The molecule has 13 heavy (non-hydrogen) atoms. The third kappa shape index (κ3) is 2.32. The maximum absolute atomic E-state index is 6.11. The third-order valence-electron chi connectivity index (χ3n) is 2.98. The summed E-state index contributed by atoms with van der Waals surface area (Å²) in [7, 11) is 0. The highest BCUT2D eigenvalue weighted by Gasteiger charge is 2.39. The van der Waals surface area contributed by atoms with E-state index in [0.29, 0.717) is 0 Å². The van der Waals surface area contributed by atoms with E-state index in [1.165, 1.54) is 12.8 Å². The van der Waals surface area contributed by atoms with Gasteiger partial charge in [0.1, 0.15) is 0 Å². The van der Waals surface area contributed by atoms with Crippen molar-refractivity contribution in [2.75, 3.05) is 6.61 Å². The first-order valence-electron chi connectivity index (χ1n) is 5.25. The molecule has 2 heteroatoms. The van der Waals surface area contributed by atoms with Crippen molar-refractivity contribution in [3.63, 3.8) is 0 Å². The van der Waals surface area contributed by atoms with Gasteiger partial charge in [-0.15, -0.1) is 6.58 Å². The van der Waals surface area contributed by atoms with Gasteiger partial charge in [-0.2, -0.15) is 0 Å². The van der Waals surface area contributed by atoms with Crippen molar-refractivity contribution in [2.24, 2.45) is 5.73 Å². The lowest BCUT2D eigenvalue weighted by molar-refractivity contribution is -0.0519. The highest BCUT2D eigenvalue weighted by atomic mass is 16.5. The summed E-state index contributed by atoms with van der Waals surface area (Å²) in [6.45, 7) is 6.54. The zero-order valence-electron chi connectivity index (χ0n) is 8.59. The molecule has 0 spiro atoms. The minimum Gasteiger partial charge on any atom is -0.374 e. The van der Waals surface area contributed by atoms with Crippen molar-refractivity contribution in [1.29, 1.82) is 0 Å². The fourth-order valence-corrected chi connectivity index (χ4v) is 2.28. The van der Waals surface area contributed by atoms with E-state index in [1.54, 1.807) is 0 Å². The second-order valence-corrected chi connectivity index (χ2v) is 3.84. The van der Waals surface area contributed by atoms with E-state index >= 15 is 0 Å². The first-order chi connectivity index (χ1) is 6.25. The van der Waals surface area contributed by atoms with Crippen LogP contribution in [0.5, 0.6) is 0 Å². The van der Waals surface area contributed by atoms with Crippen molar-refractivity contribution >= 4 is 0 Å². The molecular weight excluding hydrogens is 162 g/mol. The second-order valence-electron chi connectivity index (χ2n) is 3.84. The highest BCUT2D eigenvalue weighted by Crippen LogP contribution is 2.36. The lowest BCUT2D eigenvalue weighted by Gasteiger charge is -2.34. The van der Waals surface area contributed by atoms with Crippen LogP contribution in [0.3, 0.4) is 0 Å². The van der Waals surface area contributed by atoms with Gasteiger partial charge in [-0.25, -0.2) is 0 Å². The Morgan fingerprint density at radius 2 is 2.15 bits per heavy atom. The molecule has 1 saturated carbocycles. The molecule has 2 N–H and O–H groups in total. The average molecular weight is 183 g/mol. The average Bonchev–Trinajstić information content (AvgIpc) is 2.55. The Bertz CT molecular complexity index is 161. The van der Waals surface area contributed by atoms with Gasteiger partial charge in [0.05, 0.1) is 5.60 Å². The van der Waals surface area contributed by atoms with Crippen LogP contribution in [0.4, 0.5) is 0 Å². The number of rotatable bonds is 5. The van der Waals surface area contributed by atoms with E-state index in [2.05, 4.69) is 6.58 Å². The second kappa shape index (κ2) is 4.77. The standard InChI is InChI=1S/C11H21NO/c1-3-7-10(12)11(13-4-2)8-5-6-9-11/h3,10H,1,4-9,12H2,2H3. The zero-order chi connectivity index (χ0) is 9.73. The molecule has 1 atom stereocenters.